The van der Waals surface area contributed by atoms with E-state index in [1.165, 1.54) is 0 Å². The third kappa shape index (κ3) is 6.89. The lowest BCUT2D eigenvalue weighted by atomic mass is 10.0. The van der Waals surface area contributed by atoms with E-state index in [9.17, 15) is 4.79 Å². The van der Waals surface area contributed by atoms with Gasteiger partial charge in [-0.3, -0.25) is 4.98 Å². The summed E-state index contributed by atoms with van der Waals surface area (Å²) in [6.07, 6.45) is 1.74. The van der Waals surface area contributed by atoms with Gasteiger partial charge in [-0.05, 0) is 30.9 Å². The van der Waals surface area contributed by atoms with Crippen LogP contribution in [-0.4, -0.2) is 30.3 Å². The van der Waals surface area contributed by atoms with E-state index in [-0.39, 0.29) is 24.0 Å². The Hall–Kier alpha value is -1.62. The van der Waals surface area contributed by atoms with Crippen molar-refractivity contribution in [3.63, 3.8) is 0 Å². The number of carbonyl (C=O) groups excluding carboxylic acids is 1. The number of urea groups is 1. The molecule has 0 aliphatic heterocycles. The molecule has 5 heteroatoms. The van der Waals surface area contributed by atoms with Gasteiger partial charge in [0.05, 0.1) is 24.4 Å². The predicted molar refractivity (Wildman–Crippen MR) is 88.6 cm³/mol. The molecule has 1 aromatic heterocycles. The molecule has 1 aromatic rings. The second-order valence-electron chi connectivity index (χ2n) is 6.43. The van der Waals surface area contributed by atoms with Crippen molar-refractivity contribution in [1.82, 2.24) is 15.6 Å². The lowest BCUT2D eigenvalue weighted by Crippen LogP contribution is -2.45. The van der Waals surface area contributed by atoms with Gasteiger partial charge in [0.25, 0.3) is 0 Å². The van der Waals surface area contributed by atoms with Crippen LogP contribution in [0.2, 0.25) is 0 Å². The second kappa shape index (κ2) is 9.41. The normalized spacial score (nSPS) is 14.0. The van der Waals surface area contributed by atoms with Crippen molar-refractivity contribution in [2.45, 2.75) is 46.7 Å². The standard InChI is InChI=1S/C17H29N3O2/c1-12(2)10-22-11-14(5)19-17(21)20-16(13(3)4)15-8-6-7-9-18-15/h6-9,12-14,16H,10-11H2,1-5H3,(H2,19,20,21)/t14-,16-/m1/s1. The van der Waals surface area contributed by atoms with Crippen LogP contribution in [0.15, 0.2) is 24.4 Å². The van der Waals surface area contributed by atoms with E-state index in [1.807, 2.05) is 25.1 Å². The number of amides is 2. The molecule has 0 saturated heterocycles. The van der Waals surface area contributed by atoms with Crippen molar-refractivity contribution in [3.05, 3.63) is 30.1 Å². The summed E-state index contributed by atoms with van der Waals surface area (Å²) in [6, 6.07) is 5.40. The number of nitrogens with one attached hydrogen (secondary N) is 2. The number of hydrogen-bond donors (Lipinski definition) is 2. The zero-order chi connectivity index (χ0) is 16.5. The van der Waals surface area contributed by atoms with Gasteiger partial charge in [-0.15, -0.1) is 0 Å². The highest BCUT2D eigenvalue weighted by Crippen LogP contribution is 2.19. The van der Waals surface area contributed by atoms with Gasteiger partial charge in [0.15, 0.2) is 0 Å². The maximum atomic E-state index is 12.1. The fourth-order valence-corrected chi connectivity index (χ4v) is 2.07. The van der Waals surface area contributed by atoms with Gasteiger partial charge in [0, 0.05) is 12.8 Å². The predicted octanol–water partition coefficient (Wildman–Crippen LogP) is 3.14. The summed E-state index contributed by atoms with van der Waals surface area (Å²) in [5, 5.41) is 5.90. The molecule has 0 aromatic carbocycles. The molecular formula is C17H29N3O2. The number of hydrogen-bond acceptors (Lipinski definition) is 3. The maximum absolute atomic E-state index is 12.1. The summed E-state index contributed by atoms with van der Waals surface area (Å²) in [7, 11) is 0. The quantitative estimate of drug-likeness (QED) is 0.775. The Morgan fingerprint density at radius 2 is 1.86 bits per heavy atom. The average molecular weight is 307 g/mol. The van der Waals surface area contributed by atoms with Crippen LogP contribution in [0.5, 0.6) is 0 Å². The van der Waals surface area contributed by atoms with Crippen LogP contribution in [-0.2, 0) is 4.74 Å². The van der Waals surface area contributed by atoms with Crippen molar-refractivity contribution in [1.29, 1.82) is 0 Å². The fraction of sp³-hybridized carbons (Fsp3) is 0.647. The zero-order valence-corrected chi connectivity index (χ0v) is 14.3. The van der Waals surface area contributed by atoms with Crippen molar-refractivity contribution >= 4 is 6.03 Å². The number of ether oxygens (including phenoxy) is 1. The van der Waals surface area contributed by atoms with Gasteiger partial charge in [-0.1, -0.05) is 33.8 Å². The Morgan fingerprint density at radius 3 is 2.41 bits per heavy atom. The Morgan fingerprint density at radius 1 is 1.14 bits per heavy atom. The first-order chi connectivity index (χ1) is 10.4. The summed E-state index contributed by atoms with van der Waals surface area (Å²) in [5.74, 6) is 0.753. The molecule has 2 amide bonds. The Labute approximate surface area is 133 Å². The van der Waals surface area contributed by atoms with E-state index in [2.05, 4.69) is 43.3 Å². The van der Waals surface area contributed by atoms with Crippen LogP contribution in [0, 0.1) is 11.8 Å². The molecule has 0 aliphatic carbocycles. The van der Waals surface area contributed by atoms with Crippen LogP contribution < -0.4 is 10.6 Å². The van der Waals surface area contributed by atoms with E-state index < -0.39 is 0 Å². The molecule has 0 fully saturated rings. The Kier molecular flexibility index (Phi) is 7.88. The molecular weight excluding hydrogens is 278 g/mol. The molecule has 0 aliphatic rings. The van der Waals surface area contributed by atoms with Crippen LogP contribution >= 0.6 is 0 Å². The molecule has 0 radical (unpaired) electrons. The van der Waals surface area contributed by atoms with Crippen molar-refractivity contribution in [3.8, 4) is 0 Å². The summed E-state index contributed by atoms with van der Waals surface area (Å²) in [6.45, 7) is 11.5. The first kappa shape index (κ1) is 18.4. The second-order valence-corrected chi connectivity index (χ2v) is 6.43. The van der Waals surface area contributed by atoms with E-state index in [1.54, 1.807) is 6.20 Å². The minimum Gasteiger partial charge on any atom is -0.379 e. The first-order valence-corrected chi connectivity index (χ1v) is 7.95. The molecule has 1 heterocycles. The average Bonchev–Trinajstić information content (AvgIpc) is 2.45. The van der Waals surface area contributed by atoms with Crippen LogP contribution in [0.25, 0.3) is 0 Å². The molecule has 0 bridgehead atoms. The third-order valence-corrected chi connectivity index (χ3v) is 3.16. The molecule has 2 N–H and O–H groups in total. The topological polar surface area (TPSA) is 63.2 Å². The van der Waals surface area contributed by atoms with Gasteiger partial charge in [-0.25, -0.2) is 4.79 Å². The lowest BCUT2D eigenvalue weighted by molar-refractivity contribution is 0.0951. The smallest absolute Gasteiger partial charge is 0.315 e. The van der Waals surface area contributed by atoms with Crippen molar-refractivity contribution in [2.24, 2.45) is 11.8 Å². The number of nitrogens with zero attached hydrogens (tertiary/aromatic N) is 1. The first-order valence-electron chi connectivity index (χ1n) is 7.95. The highest BCUT2D eigenvalue weighted by atomic mass is 16.5. The molecule has 22 heavy (non-hydrogen) atoms. The number of aromatic nitrogens is 1. The SMILES string of the molecule is CC(C)COC[C@@H](C)NC(=O)N[C@@H](c1ccccn1)C(C)C. The molecule has 124 valence electrons. The summed E-state index contributed by atoms with van der Waals surface area (Å²) >= 11 is 0. The lowest BCUT2D eigenvalue weighted by Gasteiger charge is -2.23. The number of rotatable bonds is 8. The molecule has 0 spiro atoms. The summed E-state index contributed by atoms with van der Waals surface area (Å²) < 4.78 is 5.54. The molecule has 1 rings (SSSR count). The van der Waals surface area contributed by atoms with Crippen molar-refractivity contribution < 1.29 is 9.53 Å². The third-order valence-electron chi connectivity index (χ3n) is 3.16. The number of pyridine rings is 1. The van der Waals surface area contributed by atoms with Crippen LogP contribution in [0.3, 0.4) is 0 Å². The van der Waals surface area contributed by atoms with E-state index in [0.29, 0.717) is 19.1 Å². The van der Waals surface area contributed by atoms with E-state index in [4.69, 9.17) is 4.74 Å². The van der Waals surface area contributed by atoms with Gasteiger partial charge < -0.3 is 15.4 Å². The van der Waals surface area contributed by atoms with Crippen LogP contribution in [0.4, 0.5) is 4.79 Å². The summed E-state index contributed by atoms with van der Waals surface area (Å²) in [5.41, 5.74) is 0.872. The van der Waals surface area contributed by atoms with Gasteiger partial charge in [0.1, 0.15) is 0 Å². The summed E-state index contributed by atoms with van der Waals surface area (Å²) in [4.78, 5) is 16.5. The minimum atomic E-state index is -0.190. The van der Waals surface area contributed by atoms with E-state index >= 15 is 0 Å². The molecule has 0 saturated carbocycles. The van der Waals surface area contributed by atoms with Gasteiger partial charge in [-0.2, -0.15) is 0 Å². The molecule has 5 nitrogen and oxygen atoms in total. The van der Waals surface area contributed by atoms with Crippen molar-refractivity contribution in [2.75, 3.05) is 13.2 Å². The van der Waals surface area contributed by atoms with E-state index in [0.717, 1.165) is 5.69 Å². The zero-order valence-electron chi connectivity index (χ0n) is 14.3. The van der Waals surface area contributed by atoms with Crippen LogP contribution in [0.1, 0.15) is 46.4 Å². The largest absolute Gasteiger partial charge is 0.379 e. The highest BCUT2D eigenvalue weighted by molar-refractivity contribution is 5.74. The molecule has 2 atom stereocenters. The monoisotopic (exact) mass is 307 g/mol. The number of carbonyl (C=O) groups is 1. The van der Waals surface area contributed by atoms with Gasteiger partial charge in [0.2, 0.25) is 0 Å². The molecule has 0 unspecified atom stereocenters. The Bertz CT molecular complexity index is 435. The van der Waals surface area contributed by atoms with Gasteiger partial charge >= 0.3 is 6.03 Å². The fourth-order valence-electron chi connectivity index (χ4n) is 2.07. The maximum Gasteiger partial charge on any atom is 0.315 e. The highest BCUT2D eigenvalue weighted by Gasteiger charge is 2.20. The minimum absolute atomic E-state index is 0.0321. The Balaban J connectivity index is 2.47.